The minimum absolute atomic E-state index is 0.00389. The summed E-state index contributed by atoms with van der Waals surface area (Å²) in [5.74, 6) is 0. The predicted molar refractivity (Wildman–Crippen MR) is 84.8 cm³/mol. The molecule has 1 saturated heterocycles. The van der Waals surface area contributed by atoms with E-state index in [9.17, 15) is 0 Å². The van der Waals surface area contributed by atoms with E-state index in [2.05, 4.69) is 36.4 Å². The van der Waals surface area contributed by atoms with Crippen LogP contribution in [-0.2, 0) is 4.74 Å². The Labute approximate surface area is 124 Å². The number of rotatable bonds is 5. The number of hydrogen-bond donors (Lipinski definition) is 1. The van der Waals surface area contributed by atoms with Crippen molar-refractivity contribution < 1.29 is 4.74 Å². The Balaban J connectivity index is 1.84. The van der Waals surface area contributed by atoms with Crippen LogP contribution < -0.4 is 5.73 Å². The van der Waals surface area contributed by atoms with Crippen molar-refractivity contribution in [2.24, 2.45) is 5.73 Å². The van der Waals surface area contributed by atoms with Crippen LogP contribution in [0.4, 0.5) is 0 Å². The van der Waals surface area contributed by atoms with E-state index in [-0.39, 0.29) is 11.3 Å². The van der Waals surface area contributed by atoms with Crippen LogP contribution in [0.1, 0.15) is 22.4 Å². The highest BCUT2D eigenvalue weighted by molar-refractivity contribution is 8.00. The fraction of sp³-hybridized carbons (Fsp3) is 0.294. The molecule has 2 unspecified atom stereocenters. The first-order valence-corrected chi connectivity index (χ1v) is 7.87. The van der Waals surface area contributed by atoms with Gasteiger partial charge in [-0.1, -0.05) is 60.7 Å². The molecule has 3 heteroatoms. The number of hydrogen-bond acceptors (Lipinski definition) is 3. The summed E-state index contributed by atoms with van der Waals surface area (Å²) in [5, 5.41) is 0.836. The molecule has 1 fully saturated rings. The third-order valence-corrected chi connectivity index (χ3v) is 5.10. The van der Waals surface area contributed by atoms with E-state index in [0.717, 1.165) is 13.2 Å². The Bertz CT molecular complexity index is 527. The number of benzene rings is 2. The van der Waals surface area contributed by atoms with Gasteiger partial charge in [-0.3, -0.25) is 0 Å². The van der Waals surface area contributed by atoms with Gasteiger partial charge >= 0.3 is 0 Å². The first-order valence-electron chi connectivity index (χ1n) is 6.93. The highest BCUT2D eigenvalue weighted by atomic mass is 32.2. The second-order valence-corrected chi connectivity index (χ2v) is 6.51. The molecule has 1 heterocycles. The monoisotopic (exact) mass is 285 g/mol. The van der Waals surface area contributed by atoms with E-state index in [1.807, 2.05) is 36.0 Å². The Morgan fingerprint density at radius 3 is 1.95 bits per heavy atom. The lowest BCUT2D eigenvalue weighted by Crippen LogP contribution is -2.32. The number of thioether (sulfide) groups is 1. The van der Waals surface area contributed by atoms with Gasteiger partial charge in [0.05, 0.1) is 18.5 Å². The van der Waals surface area contributed by atoms with Crippen molar-refractivity contribution in [3.05, 3.63) is 71.8 Å². The van der Waals surface area contributed by atoms with E-state index in [1.165, 1.54) is 11.1 Å². The zero-order valence-corrected chi connectivity index (χ0v) is 12.1. The molecule has 1 aliphatic rings. The first-order chi connectivity index (χ1) is 9.84. The molecular formula is C17H19NOS. The van der Waals surface area contributed by atoms with Crippen molar-refractivity contribution in [3.63, 3.8) is 0 Å². The van der Waals surface area contributed by atoms with Gasteiger partial charge in [-0.2, -0.15) is 0 Å². The van der Waals surface area contributed by atoms with E-state index < -0.39 is 0 Å². The van der Waals surface area contributed by atoms with Gasteiger partial charge in [-0.25, -0.2) is 0 Å². The maximum atomic E-state index is 6.54. The molecule has 2 aromatic rings. The average Bonchev–Trinajstić information content (AvgIpc) is 2.47. The van der Waals surface area contributed by atoms with E-state index >= 15 is 0 Å². The lowest BCUT2D eigenvalue weighted by atomic mass is 9.99. The lowest BCUT2D eigenvalue weighted by molar-refractivity contribution is 0.0452. The van der Waals surface area contributed by atoms with Crippen molar-refractivity contribution in [1.82, 2.24) is 0 Å². The Hall–Kier alpha value is -1.29. The molecule has 0 bridgehead atoms. The molecule has 2 aromatic carbocycles. The molecular weight excluding hydrogens is 266 g/mol. The van der Waals surface area contributed by atoms with Gasteiger partial charge in [-0.05, 0) is 11.1 Å². The molecule has 20 heavy (non-hydrogen) atoms. The lowest BCUT2D eigenvalue weighted by Gasteiger charge is -2.32. The molecule has 0 aromatic heterocycles. The molecule has 0 saturated carbocycles. The van der Waals surface area contributed by atoms with Crippen LogP contribution in [0, 0.1) is 0 Å². The summed E-state index contributed by atoms with van der Waals surface area (Å²) in [5.41, 5.74) is 9.02. The zero-order valence-electron chi connectivity index (χ0n) is 11.3. The second-order valence-electron chi connectivity index (χ2n) is 5.06. The van der Waals surface area contributed by atoms with Crippen molar-refractivity contribution in [2.75, 3.05) is 13.2 Å². The summed E-state index contributed by atoms with van der Waals surface area (Å²) in [6.07, 6.45) is 0. The highest BCUT2D eigenvalue weighted by Crippen LogP contribution is 2.42. The summed E-state index contributed by atoms with van der Waals surface area (Å²) in [4.78, 5) is 0. The summed E-state index contributed by atoms with van der Waals surface area (Å²) in [7, 11) is 0. The molecule has 0 amide bonds. The largest absolute Gasteiger partial charge is 0.379 e. The Kier molecular flexibility index (Phi) is 4.41. The van der Waals surface area contributed by atoms with Crippen LogP contribution in [-0.4, -0.2) is 18.5 Å². The third kappa shape index (κ3) is 3.06. The summed E-state index contributed by atoms with van der Waals surface area (Å²) >= 11 is 1.94. The summed E-state index contributed by atoms with van der Waals surface area (Å²) in [6, 6.07) is 20.9. The predicted octanol–water partition coefficient (Wildman–Crippen LogP) is 3.56. The quantitative estimate of drug-likeness (QED) is 0.912. The van der Waals surface area contributed by atoms with Crippen LogP contribution in [0.2, 0.25) is 0 Å². The Morgan fingerprint density at radius 2 is 1.45 bits per heavy atom. The van der Waals surface area contributed by atoms with Crippen molar-refractivity contribution in [1.29, 1.82) is 0 Å². The normalized spacial score (nSPS) is 18.2. The van der Waals surface area contributed by atoms with E-state index in [1.54, 1.807) is 0 Å². The number of ether oxygens (including phenoxy) is 1. The number of nitrogens with two attached hydrogens (primary N) is 1. The van der Waals surface area contributed by atoms with Crippen molar-refractivity contribution >= 4 is 11.8 Å². The molecule has 0 aliphatic carbocycles. The van der Waals surface area contributed by atoms with Gasteiger partial charge in [0.2, 0.25) is 0 Å². The fourth-order valence-electron chi connectivity index (χ4n) is 2.36. The van der Waals surface area contributed by atoms with Crippen LogP contribution in [0.25, 0.3) is 0 Å². The molecule has 2 nitrogen and oxygen atoms in total. The molecule has 1 aliphatic heterocycles. The molecule has 3 rings (SSSR count). The first kappa shape index (κ1) is 13.7. The van der Waals surface area contributed by atoms with E-state index in [4.69, 9.17) is 10.5 Å². The SMILES string of the molecule is NC(c1ccccc1)C(SC1COC1)c1ccccc1. The minimum Gasteiger partial charge on any atom is -0.379 e. The maximum Gasteiger partial charge on any atom is 0.0608 e. The Morgan fingerprint density at radius 1 is 0.900 bits per heavy atom. The highest BCUT2D eigenvalue weighted by Gasteiger charge is 2.29. The maximum absolute atomic E-state index is 6.54. The van der Waals surface area contributed by atoms with Gasteiger partial charge in [0.1, 0.15) is 0 Å². The molecule has 2 atom stereocenters. The topological polar surface area (TPSA) is 35.2 Å². The summed E-state index contributed by atoms with van der Waals surface area (Å²) in [6.45, 7) is 1.69. The molecule has 0 spiro atoms. The van der Waals surface area contributed by atoms with Gasteiger partial charge < -0.3 is 10.5 Å². The van der Waals surface area contributed by atoms with Crippen LogP contribution >= 0.6 is 11.8 Å². The van der Waals surface area contributed by atoms with Crippen LogP contribution in [0.3, 0.4) is 0 Å². The molecule has 104 valence electrons. The van der Waals surface area contributed by atoms with Crippen LogP contribution in [0.5, 0.6) is 0 Å². The van der Waals surface area contributed by atoms with Gasteiger partial charge in [0.15, 0.2) is 0 Å². The third-order valence-electron chi connectivity index (χ3n) is 3.59. The molecule has 0 radical (unpaired) electrons. The molecule has 2 N–H and O–H groups in total. The standard InChI is InChI=1S/C17H19NOS/c18-16(13-7-3-1-4-8-13)17(20-15-11-19-12-15)14-9-5-2-6-10-14/h1-10,15-17H,11-12,18H2. The second kappa shape index (κ2) is 6.44. The van der Waals surface area contributed by atoms with Crippen LogP contribution in [0.15, 0.2) is 60.7 Å². The average molecular weight is 285 g/mol. The van der Waals surface area contributed by atoms with Crippen molar-refractivity contribution in [2.45, 2.75) is 16.5 Å². The minimum atomic E-state index is 0.00389. The van der Waals surface area contributed by atoms with Gasteiger partial charge in [0.25, 0.3) is 0 Å². The fourth-order valence-corrected chi connectivity index (χ4v) is 3.77. The smallest absolute Gasteiger partial charge is 0.0608 e. The van der Waals surface area contributed by atoms with E-state index in [0.29, 0.717) is 5.25 Å². The zero-order chi connectivity index (χ0) is 13.8. The van der Waals surface area contributed by atoms with Crippen molar-refractivity contribution in [3.8, 4) is 0 Å². The van der Waals surface area contributed by atoms with Gasteiger partial charge in [-0.15, -0.1) is 11.8 Å². The van der Waals surface area contributed by atoms with Gasteiger partial charge in [0, 0.05) is 11.3 Å². The summed E-state index contributed by atoms with van der Waals surface area (Å²) < 4.78 is 5.30.